The number of carbonyl (C=O) groups excluding carboxylic acids is 1. The maximum atomic E-state index is 13.3. The third-order valence-corrected chi connectivity index (χ3v) is 12.9. The standard InChI is InChI=1S/C24H22ClOP/c1-19(24(26)20-17-18-20)27(25,21-11-5-2-6-12-21,22-13-7-3-8-14-22)23-15-9-4-10-16-23/h2-16,20H,1,17-18H2. The Labute approximate surface area is 165 Å². The van der Waals surface area contributed by atoms with Crippen LogP contribution in [-0.4, -0.2) is 5.78 Å². The summed E-state index contributed by atoms with van der Waals surface area (Å²) in [7, 11) is 0. The van der Waals surface area contributed by atoms with Crippen molar-refractivity contribution in [2.75, 3.05) is 0 Å². The van der Waals surface area contributed by atoms with E-state index in [4.69, 9.17) is 11.2 Å². The van der Waals surface area contributed by atoms with Gasteiger partial charge in [-0.2, -0.15) is 0 Å². The van der Waals surface area contributed by atoms with Crippen LogP contribution in [0.3, 0.4) is 0 Å². The van der Waals surface area contributed by atoms with Crippen molar-refractivity contribution >= 4 is 38.9 Å². The number of ketones is 1. The first-order valence-electron chi connectivity index (χ1n) is 9.21. The van der Waals surface area contributed by atoms with E-state index in [9.17, 15) is 4.79 Å². The van der Waals surface area contributed by atoms with E-state index in [1.807, 2.05) is 91.0 Å². The Morgan fingerprint density at radius 1 is 0.741 bits per heavy atom. The molecular weight excluding hydrogens is 371 g/mol. The van der Waals surface area contributed by atoms with Gasteiger partial charge in [0.05, 0.1) is 0 Å². The van der Waals surface area contributed by atoms with E-state index in [-0.39, 0.29) is 11.7 Å². The molecule has 0 spiro atoms. The van der Waals surface area contributed by atoms with Gasteiger partial charge in [-0.25, -0.2) is 0 Å². The maximum absolute atomic E-state index is 13.3. The van der Waals surface area contributed by atoms with Crippen LogP contribution in [0.4, 0.5) is 0 Å². The van der Waals surface area contributed by atoms with Crippen LogP contribution < -0.4 is 15.9 Å². The van der Waals surface area contributed by atoms with Crippen molar-refractivity contribution in [1.29, 1.82) is 0 Å². The monoisotopic (exact) mass is 392 g/mol. The van der Waals surface area contributed by atoms with Gasteiger partial charge in [0, 0.05) is 0 Å². The van der Waals surface area contributed by atoms with Crippen molar-refractivity contribution in [2.24, 2.45) is 5.92 Å². The molecule has 27 heavy (non-hydrogen) atoms. The van der Waals surface area contributed by atoms with Crippen molar-refractivity contribution in [3.05, 3.63) is 103 Å². The Morgan fingerprint density at radius 3 is 1.37 bits per heavy atom. The molecule has 1 saturated carbocycles. The SMILES string of the molecule is C=C(C(=O)C1CC1)P(Cl)(c1ccccc1)(c1ccccc1)c1ccccc1. The van der Waals surface area contributed by atoms with Crippen molar-refractivity contribution in [3.63, 3.8) is 0 Å². The Hall–Kier alpha value is -2.21. The number of Topliss-reactive ketones (excluding diaryl/α,β-unsaturated/α-hetero) is 1. The van der Waals surface area contributed by atoms with Crippen LogP contribution in [-0.2, 0) is 4.79 Å². The van der Waals surface area contributed by atoms with E-state index in [0.29, 0.717) is 5.31 Å². The normalized spacial score (nSPS) is 15.5. The zero-order chi connectivity index (χ0) is 18.9. The minimum atomic E-state index is -3.70. The molecule has 0 aromatic heterocycles. The van der Waals surface area contributed by atoms with Gasteiger partial charge in [-0.3, -0.25) is 0 Å². The van der Waals surface area contributed by atoms with Crippen LogP contribution in [0.2, 0.25) is 0 Å². The molecule has 0 radical (unpaired) electrons. The number of carbonyl (C=O) groups is 1. The first-order chi connectivity index (χ1) is 13.1. The summed E-state index contributed by atoms with van der Waals surface area (Å²) in [5.74, 6) is -3.53. The van der Waals surface area contributed by atoms with Gasteiger partial charge >= 0.3 is 165 Å². The molecule has 0 saturated heterocycles. The molecule has 136 valence electrons. The van der Waals surface area contributed by atoms with Gasteiger partial charge in [0.2, 0.25) is 0 Å². The summed E-state index contributed by atoms with van der Waals surface area (Å²) < 4.78 is 0. The second kappa shape index (κ2) is 6.75. The Balaban J connectivity index is 2.13. The quantitative estimate of drug-likeness (QED) is 0.418. The van der Waals surface area contributed by atoms with E-state index >= 15 is 0 Å². The number of halogens is 1. The zero-order valence-corrected chi connectivity index (χ0v) is 16.7. The van der Waals surface area contributed by atoms with E-state index in [2.05, 4.69) is 6.58 Å². The van der Waals surface area contributed by atoms with Gasteiger partial charge < -0.3 is 0 Å². The molecule has 1 aliphatic carbocycles. The van der Waals surface area contributed by atoms with Gasteiger partial charge in [0.1, 0.15) is 0 Å². The molecule has 0 N–H and O–H groups in total. The zero-order valence-electron chi connectivity index (χ0n) is 15.1. The number of rotatable bonds is 6. The summed E-state index contributed by atoms with van der Waals surface area (Å²) >= 11 is 7.90. The van der Waals surface area contributed by atoms with Crippen molar-refractivity contribution in [3.8, 4) is 0 Å². The third kappa shape index (κ3) is 2.69. The van der Waals surface area contributed by atoms with Crippen LogP contribution in [0.25, 0.3) is 0 Å². The summed E-state index contributed by atoms with van der Waals surface area (Å²) in [4.78, 5) is 13.3. The number of hydrogen-bond donors (Lipinski definition) is 0. The molecule has 3 aromatic carbocycles. The van der Waals surface area contributed by atoms with Crippen LogP contribution in [0.1, 0.15) is 12.8 Å². The van der Waals surface area contributed by atoms with Gasteiger partial charge in [-0.1, -0.05) is 0 Å². The summed E-state index contributed by atoms with van der Waals surface area (Å²) in [6.07, 6.45) is 1.86. The average molecular weight is 393 g/mol. The minimum absolute atomic E-state index is 0.0638. The van der Waals surface area contributed by atoms with Crippen LogP contribution in [0, 0.1) is 5.92 Å². The molecule has 0 heterocycles. The van der Waals surface area contributed by atoms with Crippen molar-refractivity contribution < 1.29 is 4.79 Å². The topological polar surface area (TPSA) is 17.1 Å². The van der Waals surface area contributed by atoms with E-state index < -0.39 is 5.96 Å². The summed E-state index contributed by atoms with van der Waals surface area (Å²) in [6.45, 7) is 4.37. The molecule has 1 fully saturated rings. The first kappa shape index (κ1) is 18.2. The molecule has 3 aromatic rings. The fourth-order valence-electron chi connectivity index (χ4n) is 3.83. The fourth-order valence-corrected chi connectivity index (χ4v) is 9.71. The van der Waals surface area contributed by atoms with E-state index in [0.717, 1.165) is 28.8 Å². The van der Waals surface area contributed by atoms with Gasteiger partial charge in [-0.15, -0.1) is 0 Å². The summed E-state index contributed by atoms with van der Waals surface area (Å²) in [6, 6.07) is 30.1. The number of allylic oxidation sites excluding steroid dienone is 1. The van der Waals surface area contributed by atoms with E-state index in [1.165, 1.54) is 0 Å². The molecular formula is C24H22ClOP. The molecule has 0 unspecified atom stereocenters. The van der Waals surface area contributed by atoms with Gasteiger partial charge in [-0.05, 0) is 0 Å². The fraction of sp³-hybridized carbons (Fsp3) is 0.125. The summed E-state index contributed by atoms with van der Waals surface area (Å²) in [5.41, 5.74) is 0. The van der Waals surface area contributed by atoms with Gasteiger partial charge in [0.15, 0.2) is 0 Å². The Morgan fingerprint density at radius 2 is 1.07 bits per heavy atom. The molecule has 3 heteroatoms. The van der Waals surface area contributed by atoms with Crippen LogP contribution in [0.5, 0.6) is 0 Å². The molecule has 0 atom stereocenters. The number of benzene rings is 3. The Kier molecular flexibility index (Phi) is 4.54. The van der Waals surface area contributed by atoms with Crippen molar-refractivity contribution in [2.45, 2.75) is 12.8 Å². The first-order valence-corrected chi connectivity index (χ1v) is 12.3. The third-order valence-electron chi connectivity index (χ3n) is 5.46. The molecule has 0 aliphatic heterocycles. The van der Waals surface area contributed by atoms with Crippen LogP contribution >= 0.6 is 17.2 Å². The molecule has 1 nitrogen and oxygen atoms in total. The van der Waals surface area contributed by atoms with Crippen molar-refractivity contribution in [1.82, 2.24) is 0 Å². The predicted octanol–water partition coefficient (Wildman–Crippen LogP) is 5.16. The number of hydrogen-bond acceptors (Lipinski definition) is 1. The average Bonchev–Trinajstić information content (AvgIpc) is 3.59. The molecule has 1 aliphatic rings. The predicted molar refractivity (Wildman–Crippen MR) is 118 cm³/mol. The molecule has 0 bridgehead atoms. The molecule has 0 amide bonds. The Bertz CT molecular complexity index is 879. The molecule has 4 rings (SSSR count). The van der Waals surface area contributed by atoms with E-state index in [1.54, 1.807) is 0 Å². The second-order valence-electron chi connectivity index (χ2n) is 7.10. The van der Waals surface area contributed by atoms with Crippen LogP contribution in [0.15, 0.2) is 103 Å². The van der Waals surface area contributed by atoms with Gasteiger partial charge in [0.25, 0.3) is 0 Å². The summed E-state index contributed by atoms with van der Waals surface area (Å²) in [5, 5.41) is 3.43. The second-order valence-corrected chi connectivity index (χ2v) is 13.2.